The van der Waals surface area contributed by atoms with Crippen LogP contribution in [0.2, 0.25) is 4.34 Å². The highest BCUT2D eigenvalue weighted by atomic mass is 35.5. The largest absolute Gasteiger partial charge is 0.326 e. The van der Waals surface area contributed by atoms with Gasteiger partial charge in [0, 0.05) is 25.5 Å². The third-order valence-electron chi connectivity index (χ3n) is 3.38. The van der Waals surface area contributed by atoms with Crippen LogP contribution in [0.25, 0.3) is 10.2 Å². The average Bonchev–Trinajstić information content (AvgIpc) is 3.17. The van der Waals surface area contributed by atoms with Gasteiger partial charge >= 0.3 is 0 Å². The molecule has 0 spiro atoms. The first-order chi connectivity index (χ1) is 12.4. The Morgan fingerprint density at radius 1 is 1.08 bits per heavy atom. The zero-order chi connectivity index (χ0) is 18.7. The van der Waals surface area contributed by atoms with Crippen LogP contribution in [-0.4, -0.2) is 22.6 Å². The number of rotatable bonds is 6. The van der Waals surface area contributed by atoms with Gasteiger partial charge in [-0.1, -0.05) is 22.9 Å². The number of halogens is 1. The number of Topliss-reactive ketones (excluding diaryl/α,β-unsaturated/α-hetero) is 1. The Morgan fingerprint density at radius 3 is 2.58 bits per heavy atom. The number of nitrogens with one attached hydrogen (secondary N) is 2. The summed E-state index contributed by atoms with van der Waals surface area (Å²) in [4.78, 5) is 40.0. The number of thiophene rings is 1. The van der Waals surface area contributed by atoms with Crippen molar-refractivity contribution in [2.24, 2.45) is 0 Å². The first kappa shape index (κ1) is 18.5. The number of carbonyl (C=O) groups is 3. The Bertz CT molecular complexity index is 996. The lowest BCUT2D eigenvalue weighted by Gasteiger charge is -2.04. The van der Waals surface area contributed by atoms with Crippen LogP contribution in [-0.2, 0) is 9.59 Å². The van der Waals surface area contributed by atoms with Gasteiger partial charge in [0.25, 0.3) is 0 Å². The van der Waals surface area contributed by atoms with Crippen LogP contribution in [0.4, 0.5) is 10.8 Å². The van der Waals surface area contributed by atoms with Crippen LogP contribution in [0.15, 0.2) is 30.3 Å². The van der Waals surface area contributed by atoms with Crippen LogP contribution in [0, 0.1) is 0 Å². The second-order valence-electron chi connectivity index (χ2n) is 5.46. The van der Waals surface area contributed by atoms with Crippen molar-refractivity contribution in [1.29, 1.82) is 0 Å². The highest BCUT2D eigenvalue weighted by Crippen LogP contribution is 2.28. The van der Waals surface area contributed by atoms with E-state index in [1.54, 1.807) is 30.3 Å². The Hall–Kier alpha value is -2.29. The molecule has 0 fully saturated rings. The van der Waals surface area contributed by atoms with Crippen LogP contribution < -0.4 is 10.6 Å². The van der Waals surface area contributed by atoms with E-state index in [1.807, 2.05) is 0 Å². The Balaban J connectivity index is 1.60. The fraction of sp³-hybridized carbons (Fsp3) is 0.176. The number of benzene rings is 1. The van der Waals surface area contributed by atoms with Gasteiger partial charge in [0.2, 0.25) is 11.8 Å². The number of hydrogen-bond donors (Lipinski definition) is 2. The second-order valence-corrected chi connectivity index (χ2v) is 8.20. The minimum atomic E-state index is -0.244. The fourth-order valence-corrected chi connectivity index (χ4v) is 4.21. The topological polar surface area (TPSA) is 88.2 Å². The van der Waals surface area contributed by atoms with E-state index in [1.165, 1.54) is 29.6 Å². The molecule has 0 unspecified atom stereocenters. The van der Waals surface area contributed by atoms with Crippen molar-refractivity contribution in [3.05, 3.63) is 39.5 Å². The molecular weight excluding hydrogens is 394 g/mol. The van der Waals surface area contributed by atoms with Crippen LogP contribution in [0.5, 0.6) is 0 Å². The average molecular weight is 408 g/mol. The Morgan fingerprint density at radius 2 is 1.88 bits per heavy atom. The number of anilines is 2. The molecule has 0 aliphatic heterocycles. The summed E-state index contributed by atoms with van der Waals surface area (Å²) in [6.07, 6.45) is 0.213. The van der Waals surface area contributed by atoms with Crippen LogP contribution in [0.1, 0.15) is 29.4 Å². The highest BCUT2D eigenvalue weighted by Gasteiger charge is 2.12. The number of fused-ring (bicyclic) bond motifs is 1. The van der Waals surface area contributed by atoms with E-state index in [0.29, 0.717) is 20.0 Å². The van der Waals surface area contributed by atoms with Crippen molar-refractivity contribution in [3.63, 3.8) is 0 Å². The van der Waals surface area contributed by atoms with E-state index < -0.39 is 0 Å². The minimum Gasteiger partial charge on any atom is -0.326 e. The van der Waals surface area contributed by atoms with Crippen molar-refractivity contribution in [2.75, 3.05) is 10.6 Å². The van der Waals surface area contributed by atoms with Crippen LogP contribution >= 0.6 is 34.3 Å². The minimum absolute atomic E-state index is 0.0895. The van der Waals surface area contributed by atoms with Crippen molar-refractivity contribution < 1.29 is 14.4 Å². The zero-order valence-electron chi connectivity index (χ0n) is 13.7. The normalized spacial score (nSPS) is 10.7. The smallest absolute Gasteiger partial charge is 0.224 e. The summed E-state index contributed by atoms with van der Waals surface area (Å²) in [5, 5.41) is 5.92. The monoisotopic (exact) mass is 407 g/mol. The quantitative estimate of drug-likeness (QED) is 0.586. The molecule has 3 rings (SSSR count). The van der Waals surface area contributed by atoms with Gasteiger partial charge in [-0.2, -0.15) is 0 Å². The predicted molar refractivity (Wildman–Crippen MR) is 105 cm³/mol. The summed E-state index contributed by atoms with van der Waals surface area (Å²) < 4.78 is 1.39. The molecule has 6 nitrogen and oxygen atoms in total. The van der Waals surface area contributed by atoms with Crippen molar-refractivity contribution in [1.82, 2.24) is 4.98 Å². The van der Waals surface area contributed by atoms with Gasteiger partial charge in [-0.3, -0.25) is 14.4 Å². The van der Waals surface area contributed by atoms with Gasteiger partial charge in [0.05, 0.1) is 19.4 Å². The number of ketones is 1. The first-order valence-corrected chi connectivity index (χ1v) is 9.68. The molecule has 134 valence electrons. The number of nitrogens with zero attached hydrogens (tertiary/aromatic N) is 1. The lowest BCUT2D eigenvalue weighted by molar-refractivity contribution is -0.116. The van der Waals surface area contributed by atoms with Gasteiger partial charge < -0.3 is 10.6 Å². The van der Waals surface area contributed by atoms with E-state index in [4.69, 9.17) is 11.6 Å². The summed E-state index contributed by atoms with van der Waals surface area (Å²) in [6, 6.07) is 8.62. The molecule has 3 aromatic rings. The molecule has 2 aromatic heterocycles. The van der Waals surface area contributed by atoms with Gasteiger partial charge in [-0.15, -0.1) is 11.3 Å². The molecule has 0 radical (unpaired) electrons. The standard InChI is InChI=1S/C17H14ClN3O3S2/c1-9(22)19-17-21-11-3-2-10(8-14(11)26-17)20-16(24)7-4-12(23)13-5-6-15(18)25-13/h2-3,5-6,8H,4,7H2,1H3,(H,20,24)(H,19,21,22). The van der Waals surface area contributed by atoms with Gasteiger partial charge in [0.1, 0.15) is 0 Å². The van der Waals surface area contributed by atoms with E-state index in [0.717, 1.165) is 10.2 Å². The molecular formula is C17H14ClN3O3S2. The lowest BCUT2D eigenvalue weighted by Crippen LogP contribution is -2.13. The van der Waals surface area contributed by atoms with Crippen molar-refractivity contribution in [3.8, 4) is 0 Å². The number of amides is 2. The molecule has 0 aliphatic carbocycles. The molecule has 2 amide bonds. The maximum absolute atomic E-state index is 12.1. The molecule has 0 saturated heterocycles. The molecule has 26 heavy (non-hydrogen) atoms. The second kappa shape index (κ2) is 7.94. The van der Waals surface area contributed by atoms with Gasteiger partial charge in [-0.25, -0.2) is 4.98 Å². The molecule has 0 aliphatic rings. The van der Waals surface area contributed by atoms with Gasteiger partial charge in [0.15, 0.2) is 10.9 Å². The summed E-state index contributed by atoms with van der Waals surface area (Å²) in [7, 11) is 0. The maximum Gasteiger partial charge on any atom is 0.224 e. The van der Waals surface area contributed by atoms with E-state index >= 15 is 0 Å². The molecule has 2 N–H and O–H groups in total. The summed E-state index contributed by atoms with van der Waals surface area (Å²) in [5.74, 6) is -0.531. The third kappa shape index (κ3) is 4.66. The third-order valence-corrected chi connectivity index (χ3v) is 5.59. The lowest BCUT2D eigenvalue weighted by atomic mass is 10.2. The SMILES string of the molecule is CC(=O)Nc1nc2ccc(NC(=O)CCC(=O)c3ccc(Cl)s3)cc2s1. The predicted octanol–water partition coefficient (Wildman–Crippen LogP) is 4.57. The van der Waals surface area contributed by atoms with E-state index in [9.17, 15) is 14.4 Å². The molecule has 9 heteroatoms. The first-order valence-electron chi connectivity index (χ1n) is 7.67. The van der Waals surface area contributed by atoms with E-state index in [-0.39, 0.29) is 30.4 Å². The molecule has 0 saturated carbocycles. The number of aromatic nitrogens is 1. The van der Waals surface area contributed by atoms with Crippen LogP contribution in [0.3, 0.4) is 0 Å². The zero-order valence-corrected chi connectivity index (χ0v) is 16.1. The summed E-state index contributed by atoms with van der Waals surface area (Å²) in [5.41, 5.74) is 1.36. The van der Waals surface area contributed by atoms with Crippen molar-refractivity contribution in [2.45, 2.75) is 19.8 Å². The number of carbonyl (C=O) groups excluding carboxylic acids is 3. The molecule has 1 aromatic carbocycles. The van der Waals surface area contributed by atoms with E-state index in [2.05, 4.69) is 15.6 Å². The molecule has 0 atom stereocenters. The van der Waals surface area contributed by atoms with Crippen molar-refractivity contribution >= 4 is 72.9 Å². The Kier molecular flexibility index (Phi) is 5.65. The molecule has 0 bridgehead atoms. The van der Waals surface area contributed by atoms with Gasteiger partial charge in [-0.05, 0) is 30.3 Å². The summed E-state index contributed by atoms with van der Waals surface area (Å²) in [6.45, 7) is 1.42. The molecule has 2 heterocycles. The Labute approximate surface area is 162 Å². The fourth-order valence-electron chi connectivity index (χ4n) is 2.24. The number of thiazole rings is 1. The maximum atomic E-state index is 12.1. The highest BCUT2D eigenvalue weighted by molar-refractivity contribution is 7.22. The number of hydrogen-bond acceptors (Lipinski definition) is 6. The summed E-state index contributed by atoms with van der Waals surface area (Å²) >= 11 is 8.34.